The molecule has 1 saturated heterocycles. The first-order valence-electron chi connectivity index (χ1n) is 8.80. The van der Waals surface area contributed by atoms with Crippen molar-refractivity contribution >= 4 is 27.0 Å². The Morgan fingerprint density at radius 3 is 2.68 bits per heavy atom. The summed E-state index contributed by atoms with van der Waals surface area (Å²) in [6.45, 7) is 1.49. The van der Waals surface area contributed by atoms with E-state index in [1.54, 1.807) is 42.5 Å². The van der Waals surface area contributed by atoms with Crippen molar-refractivity contribution in [3.63, 3.8) is 0 Å². The van der Waals surface area contributed by atoms with Gasteiger partial charge in [0.25, 0.3) is 5.91 Å². The number of aromatic amines is 1. The molecular weight excluding hydrogens is 382 g/mol. The lowest BCUT2D eigenvalue weighted by molar-refractivity contribution is 0.0730. The van der Waals surface area contributed by atoms with Crippen molar-refractivity contribution < 1.29 is 17.9 Å². The zero-order valence-corrected chi connectivity index (χ0v) is 15.8. The number of nitrogens with zero attached hydrogens (tertiary/aromatic N) is 3. The van der Waals surface area contributed by atoms with Crippen LogP contribution in [0.1, 0.15) is 15.9 Å². The number of sulfonamides is 1. The van der Waals surface area contributed by atoms with E-state index in [1.165, 1.54) is 4.31 Å². The van der Waals surface area contributed by atoms with Gasteiger partial charge in [-0.05, 0) is 29.8 Å². The number of morpholine rings is 1. The highest BCUT2D eigenvalue weighted by Gasteiger charge is 2.28. The van der Waals surface area contributed by atoms with Gasteiger partial charge >= 0.3 is 0 Å². The molecule has 0 spiro atoms. The normalized spacial score (nSPS) is 15.6. The van der Waals surface area contributed by atoms with Crippen LogP contribution in [0, 0.1) is 0 Å². The summed E-state index contributed by atoms with van der Waals surface area (Å²) in [6.07, 6.45) is 0. The van der Waals surface area contributed by atoms with Crippen molar-refractivity contribution in [1.82, 2.24) is 25.0 Å². The fourth-order valence-electron chi connectivity index (χ4n) is 3.09. The third-order valence-electron chi connectivity index (χ3n) is 4.58. The molecule has 0 aliphatic carbocycles. The minimum Gasteiger partial charge on any atom is -0.379 e. The van der Waals surface area contributed by atoms with Gasteiger partial charge in [-0.2, -0.15) is 19.7 Å². The molecule has 3 aromatic rings. The highest BCUT2D eigenvalue weighted by Crippen LogP contribution is 2.21. The number of amides is 1. The summed E-state index contributed by atoms with van der Waals surface area (Å²) in [5, 5.41) is 13.2. The second kappa shape index (κ2) is 7.66. The van der Waals surface area contributed by atoms with Crippen molar-refractivity contribution in [1.29, 1.82) is 0 Å². The number of hydrogen-bond acceptors (Lipinski definition) is 6. The van der Waals surface area contributed by atoms with Crippen LogP contribution in [0.25, 0.3) is 11.0 Å². The largest absolute Gasteiger partial charge is 0.379 e. The quantitative estimate of drug-likeness (QED) is 0.656. The molecular formula is C18H19N5O4S. The standard InChI is InChI=1S/C18H19N5O4S/c24-18(13-5-6-15-16(11-13)21-22-20-15)19-12-14-3-1-2-4-17(14)28(25,26)23-7-9-27-10-8-23/h1-6,11H,7-10,12H2,(H,19,24)(H,20,21,22). The van der Waals surface area contributed by atoms with Crippen LogP contribution in [0.5, 0.6) is 0 Å². The van der Waals surface area contributed by atoms with Crippen LogP contribution >= 0.6 is 0 Å². The van der Waals surface area contributed by atoms with Crippen LogP contribution in [0.15, 0.2) is 47.4 Å². The first kappa shape index (κ1) is 18.5. The molecule has 146 valence electrons. The number of ether oxygens (including phenoxy) is 1. The summed E-state index contributed by atoms with van der Waals surface area (Å²) in [4.78, 5) is 12.7. The molecule has 1 amide bonds. The maximum atomic E-state index is 13.0. The lowest BCUT2D eigenvalue weighted by Gasteiger charge is -2.27. The molecule has 2 aromatic carbocycles. The van der Waals surface area contributed by atoms with Gasteiger partial charge in [-0.15, -0.1) is 0 Å². The first-order chi connectivity index (χ1) is 13.6. The summed E-state index contributed by atoms with van der Waals surface area (Å²) < 4.78 is 32.6. The summed E-state index contributed by atoms with van der Waals surface area (Å²) in [5.41, 5.74) is 2.21. The molecule has 9 nitrogen and oxygen atoms in total. The van der Waals surface area contributed by atoms with Crippen LogP contribution in [-0.4, -0.2) is 60.3 Å². The summed E-state index contributed by atoms with van der Waals surface area (Å²) in [6, 6.07) is 11.7. The lowest BCUT2D eigenvalue weighted by Crippen LogP contribution is -2.41. The summed E-state index contributed by atoms with van der Waals surface area (Å²) in [7, 11) is -3.65. The second-order valence-corrected chi connectivity index (χ2v) is 8.24. The van der Waals surface area contributed by atoms with Crippen LogP contribution in [0.2, 0.25) is 0 Å². The molecule has 1 aromatic heterocycles. The predicted octanol–water partition coefficient (Wildman–Crippen LogP) is 0.909. The van der Waals surface area contributed by atoms with Crippen LogP contribution in [-0.2, 0) is 21.3 Å². The number of benzene rings is 2. The zero-order chi connectivity index (χ0) is 19.6. The van der Waals surface area contributed by atoms with Gasteiger partial charge in [-0.3, -0.25) is 4.79 Å². The van der Waals surface area contributed by atoms with Gasteiger partial charge in [0.1, 0.15) is 11.0 Å². The van der Waals surface area contributed by atoms with Crippen molar-refractivity contribution in [2.24, 2.45) is 0 Å². The van der Waals surface area contributed by atoms with Crippen molar-refractivity contribution in [3.8, 4) is 0 Å². The number of carbonyl (C=O) groups excluding carboxylic acids is 1. The van der Waals surface area contributed by atoms with Gasteiger partial charge in [-0.1, -0.05) is 18.2 Å². The van der Waals surface area contributed by atoms with Gasteiger partial charge in [0.15, 0.2) is 0 Å². The maximum Gasteiger partial charge on any atom is 0.251 e. The van der Waals surface area contributed by atoms with E-state index in [-0.39, 0.29) is 17.3 Å². The van der Waals surface area contributed by atoms with Gasteiger partial charge < -0.3 is 10.1 Å². The average Bonchev–Trinajstić information content (AvgIpc) is 3.20. The van der Waals surface area contributed by atoms with E-state index < -0.39 is 10.0 Å². The topological polar surface area (TPSA) is 117 Å². The number of carbonyl (C=O) groups is 1. The number of aromatic nitrogens is 3. The Morgan fingerprint density at radius 1 is 1.11 bits per heavy atom. The molecule has 2 heterocycles. The SMILES string of the molecule is O=C(NCc1ccccc1S(=O)(=O)N1CCOCC1)c1ccc2n[nH]nc2c1. The monoisotopic (exact) mass is 401 g/mol. The molecule has 0 unspecified atom stereocenters. The number of hydrogen-bond donors (Lipinski definition) is 2. The average molecular weight is 401 g/mol. The van der Waals surface area contributed by atoms with Crippen molar-refractivity contribution in [2.75, 3.05) is 26.3 Å². The second-order valence-electron chi connectivity index (χ2n) is 6.33. The van der Waals surface area contributed by atoms with E-state index >= 15 is 0 Å². The molecule has 28 heavy (non-hydrogen) atoms. The lowest BCUT2D eigenvalue weighted by atomic mass is 10.1. The van der Waals surface area contributed by atoms with E-state index in [1.807, 2.05) is 0 Å². The molecule has 0 radical (unpaired) electrons. The van der Waals surface area contributed by atoms with Gasteiger partial charge in [0.05, 0.1) is 18.1 Å². The van der Waals surface area contributed by atoms with Crippen molar-refractivity contribution in [3.05, 3.63) is 53.6 Å². The van der Waals surface area contributed by atoms with Crippen LogP contribution in [0.3, 0.4) is 0 Å². The van der Waals surface area contributed by atoms with E-state index in [9.17, 15) is 13.2 Å². The minimum absolute atomic E-state index is 0.0927. The first-order valence-corrected chi connectivity index (χ1v) is 10.2. The van der Waals surface area contributed by atoms with Crippen LogP contribution < -0.4 is 5.32 Å². The van der Waals surface area contributed by atoms with Crippen LogP contribution in [0.4, 0.5) is 0 Å². The fraction of sp³-hybridized carbons (Fsp3) is 0.278. The van der Waals surface area contributed by atoms with E-state index in [0.717, 1.165) is 0 Å². The minimum atomic E-state index is -3.65. The molecule has 0 atom stereocenters. The maximum absolute atomic E-state index is 13.0. The number of H-pyrrole nitrogens is 1. The number of rotatable bonds is 5. The number of fused-ring (bicyclic) bond motifs is 1. The third kappa shape index (κ3) is 3.61. The third-order valence-corrected chi connectivity index (χ3v) is 6.58. The Morgan fingerprint density at radius 2 is 1.86 bits per heavy atom. The summed E-state index contributed by atoms with van der Waals surface area (Å²) in [5.74, 6) is -0.316. The molecule has 1 aliphatic heterocycles. The molecule has 1 aliphatic rings. The Balaban J connectivity index is 1.53. The Bertz CT molecular complexity index is 1110. The molecule has 0 bridgehead atoms. The fourth-order valence-corrected chi connectivity index (χ4v) is 4.72. The van der Waals surface area contributed by atoms with Gasteiger partial charge in [0.2, 0.25) is 10.0 Å². The highest BCUT2D eigenvalue weighted by molar-refractivity contribution is 7.89. The summed E-state index contributed by atoms with van der Waals surface area (Å²) >= 11 is 0. The number of nitrogens with one attached hydrogen (secondary N) is 2. The van der Waals surface area contributed by atoms with Gasteiger partial charge in [0, 0.05) is 25.2 Å². The highest BCUT2D eigenvalue weighted by atomic mass is 32.2. The Labute approximate surface area is 161 Å². The van der Waals surface area contributed by atoms with E-state index in [4.69, 9.17) is 4.74 Å². The van der Waals surface area contributed by atoms with Crippen molar-refractivity contribution in [2.45, 2.75) is 11.4 Å². The zero-order valence-electron chi connectivity index (χ0n) is 15.0. The Kier molecular flexibility index (Phi) is 5.07. The molecule has 0 saturated carbocycles. The molecule has 10 heteroatoms. The molecule has 1 fully saturated rings. The van der Waals surface area contributed by atoms with E-state index in [2.05, 4.69) is 20.7 Å². The smallest absolute Gasteiger partial charge is 0.251 e. The molecule has 2 N–H and O–H groups in total. The van der Waals surface area contributed by atoms with E-state index in [0.29, 0.717) is 48.5 Å². The Hall–Kier alpha value is -2.82. The van der Waals surface area contributed by atoms with Gasteiger partial charge in [-0.25, -0.2) is 8.42 Å². The predicted molar refractivity (Wildman–Crippen MR) is 101 cm³/mol. The molecule has 4 rings (SSSR count).